The fourth-order valence-electron chi connectivity index (χ4n) is 2.63. The van der Waals surface area contributed by atoms with Crippen molar-refractivity contribution in [2.45, 2.75) is 46.1 Å². The normalized spacial score (nSPS) is 13.4. The summed E-state index contributed by atoms with van der Waals surface area (Å²) in [5, 5.41) is 8.09. The quantitative estimate of drug-likeness (QED) is 0.918. The molecule has 1 aromatic carbocycles. The largest absolute Gasteiger partial charge is 0.310 e. The number of rotatable bonds is 4. The minimum atomic E-state index is 0.0479. The second kappa shape index (κ2) is 6.02. The molecule has 0 aliphatic carbocycles. The molecule has 114 valence electrons. The predicted octanol–water partition coefficient (Wildman–Crippen LogP) is 4.06. The lowest BCUT2D eigenvalue weighted by Crippen LogP contribution is -2.17. The van der Waals surface area contributed by atoms with Crippen LogP contribution in [0.15, 0.2) is 30.5 Å². The van der Waals surface area contributed by atoms with E-state index in [2.05, 4.69) is 75.5 Å². The summed E-state index contributed by atoms with van der Waals surface area (Å²) in [5.74, 6) is 0. The fraction of sp³-hybridized carbons (Fsp3) is 0.500. The Morgan fingerprint density at radius 3 is 2.33 bits per heavy atom. The summed E-state index contributed by atoms with van der Waals surface area (Å²) in [4.78, 5) is 0. The molecule has 0 spiro atoms. The van der Waals surface area contributed by atoms with E-state index in [4.69, 9.17) is 0 Å². The van der Waals surface area contributed by atoms with E-state index in [1.54, 1.807) is 0 Å². The molecular weight excluding hydrogens is 258 g/mol. The van der Waals surface area contributed by atoms with E-state index in [9.17, 15) is 0 Å². The Bertz CT molecular complexity index is 588. The van der Waals surface area contributed by atoms with Crippen LogP contribution in [0.5, 0.6) is 0 Å². The van der Waals surface area contributed by atoms with Gasteiger partial charge in [0.1, 0.15) is 0 Å². The molecule has 1 atom stereocenters. The first-order chi connectivity index (χ1) is 9.82. The molecule has 1 heterocycles. The van der Waals surface area contributed by atoms with Crippen molar-refractivity contribution >= 4 is 0 Å². The third-order valence-electron chi connectivity index (χ3n) is 3.77. The van der Waals surface area contributed by atoms with Crippen molar-refractivity contribution < 1.29 is 0 Å². The average molecular weight is 285 g/mol. The van der Waals surface area contributed by atoms with Gasteiger partial charge in [-0.05, 0) is 24.6 Å². The highest BCUT2D eigenvalue weighted by molar-refractivity contribution is 5.66. The molecule has 3 heteroatoms. The molecule has 1 aromatic heterocycles. The molecule has 0 fully saturated rings. The van der Waals surface area contributed by atoms with Crippen molar-refractivity contribution in [2.75, 3.05) is 6.54 Å². The van der Waals surface area contributed by atoms with Gasteiger partial charge in [0.15, 0.2) is 0 Å². The van der Waals surface area contributed by atoms with Crippen LogP contribution in [0.25, 0.3) is 11.1 Å². The molecule has 0 aliphatic rings. The SMILES string of the molecule is CCNC(C)c1ccc(-c2cn(C)nc2C(C)(C)C)cc1. The number of aromatic nitrogens is 2. The fourth-order valence-corrected chi connectivity index (χ4v) is 2.63. The van der Waals surface area contributed by atoms with E-state index in [0.717, 1.165) is 12.2 Å². The highest BCUT2D eigenvalue weighted by Gasteiger charge is 2.22. The zero-order chi connectivity index (χ0) is 15.6. The molecule has 0 saturated carbocycles. The number of nitrogens with zero attached hydrogens (tertiary/aromatic N) is 2. The van der Waals surface area contributed by atoms with Crippen molar-refractivity contribution in [2.24, 2.45) is 7.05 Å². The van der Waals surface area contributed by atoms with E-state index in [-0.39, 0.29) is 5.41 Å². The van der Waals surface area contributed by atoms with Crippen LogP contribution in [0.2, 0.25) is 0 Å². The summed E-state index contributed by atoms with van der Waals surface area (Å²) in [7, 11) is 1.99. The Labute approximate surface area is 128 Å². The third-order valence-corrected chi connectivity index (χ3v) is 3.77. The minimum absolute atomic E-state index is 0.0479. The first kappa shape index (κ1) is 15.8. The number of hydrogen-bond donors (Lipinski definition) is 1. The van der Waals surface area contributed by atoms with Crippen molar-refractivity contribution in [1.82, 2.24) is 15.1 Å². The Kier molecular flexibility index (Phi) is 4.52. The smallest absolute Gasteiger partial charge is 0.0756 e. The van der Waals surface area contributed by atoms with Crippen molar-refractivity contribution in [1.29, 1.82) is 0 Å². The van der Waals surface area contributed by atoms with Crippen LogP contribution in [0.3, 0.4) is 0 Å². The van der Waals surface area contributed by atoms with Gasteiger partial charge in [-0.3, -0.25) is 4.68 Å². The van der Waals surface area contributed by atoms with Crippen molar-refractivity contribution in [3.8, 4) is 11.1 Å². The number of nitrogens with one attached hydrogen (secondary N) is 1. The maximum absolute atomic E-state index is 4.65. The first-order valence-corrected chi connectivity index (χ1v) is 7.70. The van der Waals surface area contributed by atoms with E-state index in [1.165, 1.54) is 16.7 Å². The van der Waals surface area contributed by atoms with Gasteiger partial charge in [-0.25, -0.2) is 0 Å². The second-order valence-electron chi connectivity index (χ2n) is 6.72. The molecule has 0 aliphatic heterocycles. The van der Waals surface area contributed by atoms with E-state index in [0.29, 0.717) is 6.04 Å². The molecule has 0 bridgehead atoms. The summed E-state index contributed by atoms with van der Waals surface area (Å²) in [6.07, 6.45) is 2.11. The first-order valence-electron chi connectivity index (χ1n) is 7.70. The summed E-state index contributed by atoms with van der Waals surface area (Å²) in [6.45, 7) is 11.9. The van der Waals surface area contributed by atoms with Gasteiger partial charge in [0, 0.05) is 30.3 Å². The van der Waals surface area contributed by atoms with Gasteiger partial charge in [0.2, 0.25) is 0 Å². The van der Waals surface area contributed by atoms with Gasteiger partial charge < -0.3 is 5.32 Å². The number of hydrogen-bond acceptors (Lipinski definition) is 2. The van der Waals surface area contributed by atoms with Gasteiger partial charge >= 0.3 is 0 Å². The van der Waals surface area contributed by atoms with E-state index in [1.807, 2.05) is 11.7 Å². The molecule has 2 aromatic rings. The monoisotopic (exact) mass is 285 g/mol. The number of aryl methyl sites for hydroxylation is 1. The molecule has 1 N–H and O–H groups in total. The molecule has 1 unspecified atom stereocenters. The molecule has 3 nitrogen and oxygen atoms in total. The molecular formula is C18H27N3. The van der Waals surface area contributed by atoms with Crippen LogP contribution < -0.4 is 5.32 Å². The Hall–Kier alpha value is -1.61. The average Bonchev–Trinajstić information content (AvgIpc) is 2.81. The van der Waals surface area contributed by atoms with Crippen LogP contribution in [-0.4, -0.2) is 16.3 Å². The lowest BCUT2D eigenvalue weighted by atomic mass is 9.87. The van der Waals surface area contributed by atoms with Crippen LogP contribution in [-0.2, 0) is 12.5 Å². The summed E-state index contributed by atoms with van der Waals surface area (Å²) >= 11 is 0. The molecule has 21 heavy (non-hydrogen) atoms. The minimum Gasteiger partial charge on any atom is -0.310 e. The summed E-state index contributed by atoms with van der Waals surface area (Å²) < 4.78 is 1.91. The van der Waals surface area contributed by atoms with Crippen molar-refractivity contribution in [3.05, 3.63) is 41.7 Å². The van der Waals surface area contributed by atoms with E-state index >= 15 is 0 Å². The maximum Gasteiger partial charge on any atom is 0.0756 e. The standard InChI is InChI=1S/C18H27N3/c1-7-19-13(2)14-8-10-15(11-9-14)16-12-21(6)20-17(16)18(3,4)5/h8-13,19H,7H2,1-6H3. The lowest BCUT2D eigenvalue weighted by molar-refractivity contribution is 0.554. The molecule has 0 saturated heterocycles. The van der Waals surface area contributed by atoms with Crippen LogP contribution in [0.4, 0.5) is 0 Å². The topological polar surface area (TPSA) is 29.9 Å². The Morgan fingerprint density at radius 2 is 1.81 bits per heavy atom. The third kappa shape index (κ3) is 3.53. The van der Waals surface area contributed by atoms with Gasteiger partial charge in [0.05, 0.1) is 5.69 Å². The zero-order valence-corrected chi connectivity index (χ0v) is 14.1. The van der Waals surface area contributed by atoms with Crippen molar-refractivity contribution in [3.63, 3.8) is 0 Å². The lowest BCUT2D eigenvalue weighted by Gasteiger charge is -2.18. The highest BCUT2D eigenvalue weighted by atomic mass is 15.3. The number of benzene rings is 1. The Balaban J connectivity index is 2.35. The second-order valence-corrected chi connectivity index (χ2v) is 6.72. The Morgan fingerprint density at radius 1 is 1.19 bits per heavy atom. The van der Waals surface area contributed by atoms with Gasteiger partial charge in [-0.2, -0.15) is 5.10 Å². The zero-order valence-electron chi connectivity index (χ0n) is 14.1. The molecule has 0 amide bonds. The highest BCUT2D eigenvalue weighted by Crippen LogP contribution is 2.32. The summed E-state index contributed by atoms with van der Waals surface area (Å²) in [6, 6.07) is 9.22. The van der Waals surface area contributed by atoms with Gasteiger partial charge in [-0.15, -0.1) is 0 Å². The van der Waals surface area contributed by atoms with E-state index < -0.39 is 0 Å². The van der Waals surface area contributed by atoms with Crippen LogP contribution in [0, 0.1) is 0 Å². The van der Waals surface area contributed by atoms with Crippen LogP contribution in [0.1, 0.15) is 51.9 Å². The van der Waals surface area contributed by atoms with Gasteiger partial charge in [-0.1, -0.05) is 52.0 Å². The summed E-state index contributed by atoms with van der Waals surface area (Å²) in [5.41, 5.74) is 4.99. The predicted molar refractivity (Wildman–Crippen MR) is 89.4 cm³/mol. The molecule has 2 rings (SSSR count). The molecule has 0 radical (unpaired) electrons. The van der Waals surface area contributed by atoms with Crippen LogP contribution >= 0.6 is 0 Å². The van der Waals surface area contributed by atoms with Gasteiger partial charge in [0.25, 0.3) is 0 Å². The maximum atomic E-state index is 4.65.